The van der Waals surface area contributed by atoms with Crippen LogP contribution in [-0.2, 0) is 10.0 Å². The van der Waals surface area contributed by atoms with Gasteiger partial charge in [-0.15, -0.1) is 4.91 Å². The Hall–Kier alpha value is -2.41. The van der Waals surface area contributed by atoms with E-state index in [0.717, 1.165) is 5.56 Å². The number of methoxy groups -OCH3 is 1. The Morgan fingerprint density at radius 1 is 1.10 bits per heavy atom. The maximum Gasteiger partial charge on any atom is 0.261 e. The summed E-state index contributed by atoms with van der Waals surface area (Å²) in [6.07, 6.45) is 0. The highest BCUT2D eigenvalue weighted by Gasteiger charge is 2.14. The summed E-state index contributed by atoms with van der Waals surface area (Å²) in [6, 6.07) is 10.4. The van der Waals surface area contributed by atoms with Gasteiger partial charge in [0.1, 0.15) is 11.4 Å². The van der Waals surface area contributed by atoms with Gasteiger partial charge in [-0.3, -0.25) is 4.72 Å². The lowest BCUT2D eigenvalue weighted by atomic mass is 10.2. The molecular weight excluding hydrogens is 292 g/mol. The zero-order valence-corrected chi connectivity index (χ0v) is 12.3. The molecule has 0 aliphatic carbocycles. The number of benzene rings is 2. The van der Waals surface area contributed by atoms with Crippen molar-refractivity contribution in [2.24, 2.45) is 5.18 Å². The Labute approximate surface area is 122 Å². The number of nitroso groups, excluding NO2 is 1. The van der Waals surface area contributed by atoms with Crippen molar-refractivity contribution in [2.45, 2.75) is 11.8 Å². The average molecular weight is 306 g/mol. The highest BCUT2D eigenvalue weighted by molar-refractivity contribution is 7.92. The molecule has 2 aromatic rings. The Bertz CT molecular complexity index is 755. The van der Waals surface area contributed by atoms with E-state index in [-0.39, 0.29) is 10.6 Å². The fourth-order valence-electron chi connectivity index (χ4n) is 1.78. The Morgan fingerprint density at radius 3 is 2.33 bits per heavy atom. The van der Waals surface area contributed by atoms with Gasteiger partial charge in [0.05, 0.1) is 17.7 Å². The van der Waals surface area contributed by atoms with Gasteiger partial charge in [0.15, 0.2) is 0 Å². The largest absolute Gasteiger partial charge is 0.496 e. The fourth-order valence-corrected chi connectivity index (χ4v) is 2.83. The normalized spacial score (nSPS) is 11.0. The summed E-state index contributed by atoms with van der Waals surface area (Å²) in [5.41, 5.74) is 1.47. The number of nitrogens with zero attached hydrogens (tertiary/aromatic N) is 1. The van der Waals surface area contributed by atoms with Crippen LogP contribution in [0.4, 0.5) is 11.4 Å². The van der Waals surface area contributed by atoms with Crippen molar-refractivity contribution in [3.8, 4) is 5.75 Å². The van der Waals surface area contributed by atoms with Crippen LogP contribution in [0.1, 0.15) is 5.56 Å². The highest BCUT2D eigenvalue weighted by Crippen LogP contribution is 2.25. The van der Waals surface area contributed by atoms with E-state index in [1.165, 1.54) is 31.4 Å². The molecule has 1 N–H and O–H groups in total. The third-order valence-corrected chi connectivity index (χ3v) is 4.31. The predicted octanol–water partition coefficient (Wildman–Crippen LogP) is 3.20. The summed E-state index contributed by atoms with van der Waals surface area (Å²) >= 11 is 0. The summed E-state index contributed by atoms with van der Waals surface area (Å²) in [7, 11) is -2.21. The molecule has 0 heterocycles. The first-order valence-electron chi connectivity index (χ1n) is 6.07. The quantitative estimate of drug-likeness (QED) is 0.860. The Balaban J connectivity index is 2.30. The van der Waals surface area contributed by atoms with Crippen molar-refractivity contribution < 1.29 is 13.2 Å². The molecule has 0 saturated carbocycles. The van der Waals surface area contributed by atoms with E-state index in [0.29, 0.717) is 11.4 Å². The van der Waals surface area contributed by atoms with Crippen molar-refractivity contribution in [1.82, 2.24) is 0 Å². The molecule has 0 unspecified atom stereocenters. The molecule has 0 aliphatic rings. The second-order valence-electron chi connectivity index (χ2n) is 4.38. The highest BCUT2D eigenvalue weighted by atomic mass is 32.2. The van der Waals surface area contributed by atoms with Crippen LogP contribution in [0.15, 0.2) is 52.5 Å². The monoisotopic (exact) mass is 306 g/mol. The molecule has 0 saturated heterocycles. The smallest absolute Gasteiger partial charge is 0.261 e. The van der Waals surface area contributed by atoms with E-state index in [1.807, 2.05) is 6.92 Å². The van der Waals surface area contributed by atoms with Crippen LogP contribution in [0.5, 0.6) is 5.75 Å². The molecule has 110 valence electrons. The van der Waals surface area contributed by atoms with Crippen molar-refractivity contribution in [2.75, 3.05) is 11.8 Å². The van der Waals surface area contributed by atoms with Crippen LogP contribution in [0.25, 0.3) is 0 Å². The molecule has 0 atom stereocenters. The number of nitrogens with one attached hydrogen (secondary N) is 1. The number of sulfonamides is 1. The summed E-state index contributed by atoms with van der Waals surface area (Å²) in [5, 5.41) is 2.73. The van der Waals surface area contributed by atoms with Gasteiger partial charge in [-0.1, -0.05) is 6.07 Å². The minimum Gasteiger partial charge on any atom is -0.496 e. The number of hydrogen-bond acceptors (Lipinski definition) is 5. The Kier molecular flexibility index (Phi) is 4.23. The molecule has 0 fully saturated rings. The molecule has 0 spiro atoms. The lowest BCUT2D eigenvalue weighted by molar-refractivity contribution is 0.412. The van der Waals surface area contributed by atoms with E-state index in [4.69, 9.17) is 4.74 Å². The number of rotatable bonds is 5. The zero-order chi connectivity index (χ0) is 15.5. The van der Waals surface area contributed by atoms with Gasteiger partial charge in [-0.2, -0.15) is 0 Å². The zero-order valence-electron chi connectivity index (χ0n) is 11.5. The first-order chi connectivity index (χ1) is 9.96. The Morgan fingerprint density at radius 2 is 1.76 bits per heavy atom. The molecule has 2 rings (SSSR count). The minimum absolute atomic E-state index is 0.0504. The molecule has 0 bridgehead atoms. The summed E-state index contributed by atoms with van der Waals surface area (Å²) in [6.45, 7) is 1.86. The summed E-state index contributed by atoms with van der Waals surface area (Å²) < 4.78 is 32.1. The van der Waals surface area contributed by atoms with Gasteiger partial charge in [-0.05, 0) is 48.0 Å². The molecule has 0 aromatic heterocycles. The third-order valence-electron chi connectivity index (χ3n) is 2.91. The van der Waals surface area contributed by atoms with Crippen LogP contribution >= 0.6 is 0 Å². The molecule has 0 radical (unpaired) electrons. The molecule has 0 amide bonds. The number of ether oxygens (including phenoxy) is 1. The third kappa shape index (κ3) is 3.38. The first kappa shape index (κ1) is 15.0. The van der Waals surface area contributed by atoms with E-state index < -0.39 is 10.0 Å². The molecular formula is C14H14N2O4S. The minimum atomic E-state index is -3.73. The van der Waals surface area contributed by atoms with Crippen molar-refractivity contribution in [3.05, 3.63) is 52.9 Å². The average Bonchev–Trinajstić information content (AvgIpc) is 2.49. The SMILES string of the molecule is COc1cc(NS(=O)(=O)c2ccc(N=O)cc2)ccc1C. The molecule has 6 nitrogen and oxygen atoms in total. The van der Waals surface area contributed by atoms with Gasteiger partial charge in [-0.25, -0.2) is 8.42 Å². The predicted molar refractivity (Wildman–Crippen MR) is 80.4 cm³/mol. The summed E-state index contributed by atoms with van der Waals surface area (Å²) in [4.78, 5) is 10.4. The molecule has 2 aromatic carbocycles. The number of aryl methyl sites for hydroxylation is 1. The van der Waals surface area contributed by atoms with Gasteiger partial charge >= 0.3 is 0 Å². The summed E-state index contributed by atoms with van der Waals surface area (Å²) in [5.74, 6) is 0.593. The van der Waals surface area contributed by atoms with Crippen LogP contribution in [0.3, 0.4) is 0 Å². The maximum absolute atomic E-state index is 12.2. The van der Waals surface area contributed by atoms with Crippen LogP contribution in [-0.4, -0.2) is 15.5 Å². The fraction of sp³-hybridized carbons (Fsp3) is 0.143. The van der Waals surface area contributed by atoms with Crippen LogP contribution in [0.2, 0.25) is 0 Å². The number of hydrogen-bond donors (Lipinski definition) is 1. The maximum atomic E-state index is 12.2. The standard InChI is InChI=1S/C14H14N2O4S/c1-10-3-4-12(9-14(10)20-2)16-21(18,19)13-7-5-11(15-17)6-8-13/h3-9,16H,1-2H3. The van der Waals surface area contributed by atoms with E-state index in [9.17, 15) is 13.3 Å². The van der Waals surface area contributed by atoms with E-state index >= 15 is 0 Å². The van der Waals surface area contributed by atoms with Gasteiger partial charge in [0, 0.05) is 6.07 Å². The van der Waals surface area contributed by atoms with Crippen LogP contribution < -0.4 is 9.46 Å². The lowest BCUT2D eigenvalue weighted by Crippen LogP contribution is -2.12. The van der Waals surface area contributed by atoms with Gasteiger partial charge in [0.25, 0.3) is 10.0 Å². The first-order valence-corrected chi connectivity index (χ1v) is 7.55. The topological polar surface area (TPSA) is 84.8 Å². The molecule has 21 heavy (non-hydrogen) atoms. The molecule has 0 aliphatic heterocycles. The second kappa shape index (κ2) is 5.92. The van der Waals surface area contributed by atoms with Gasteiger partial charge < -0.3 is 4.74 Å². The second-order valence-corrected chi connectivity index (χ2v) is 6.06. The van der Waals surface area contributed by atoms with E-state index in [2.05, 4.69) is 9.90 Å². The van der Waals surface area contributed by atoms with Crippen LogP contribution in [0, 0.1) is 11.8 Å². The number of anilines is 1. The van der Waals surface area contributed by atoms with Gasteiger partial charge in [0.2, 0.25) is 0 Å². The van der Waals surface area contributed by atoms with Crippen molar-refractivity contribution in [1.29, 1.82) is 0 Å². The van der Waals surface area contributed by atoms with Crippen molar-refractivity contribution >= 4 is 21.4 Å². The molecule has 7 heteroatoms. The van der Waals surface area contributed by atoms with Crippen molar-refractivity contribution in [3.63, 3.8) is 0 Å². The van der Waals surface area contributed by atoms with E-state index in [1.54, 1.807) is 18.2 Å². The lowest BCUT2D eigenvalue weighted by Gasteiger charge is -2.11.